The fourth-order valence-electron chi connectivity index (χ4n) is 1.44. The fourth-order valence-corrected chi connectivity index (χ4v) is 1.44. The van der Waals surface area contributed by atoms with Crippen LogP contribution < -0.4 is 10.1 Å². The van der Waals surface area contributed by atoms with Crippen LogP contribution in [0.15, 0.2) is 30.3 Å². The maximum atomic E-state index is 11.5. The lowest BCUT2D eigenvalue weighted by Crippen LogP contribution is -2.38. The molecular formula is C13H17NO4. The van der Waals surface area contributed by atoms with E-state index in [1.165, 1.54) is 0 Å². The smallest absolute Gasteiger partial charge is 0.305 e. The summed E-state index contributed by atoms with van der Waals surface area (Å²) in [7, 11) is 0. The molecule has 1 atom stereocenters. The van der Waals surface area contributed by atoms with Gasteiger partial charge in [0.25, 0.3) is 5.91 Å². The Hall–Kier alpha value is -2.04. The molecule has 0 fully saturated rings. The van der Waals surface area contributed by atoms with Crippen molar-refractivity contribution in [3.05, 3.63) is 30.3 Å². The van der Waals surface area contributed by atoms with Gasteiger partial charge in [0.05, 0.1) is 6.42 Å². The summed E-state index contributed by atoms with van der Waals surface area (Å²) in [6, 6.07) is 8.63. The van der Waals surface area contributed by atoms with E-state index in [0.29, 0.717) is 12.2 Å². The first kappa shape index (κ1) is 14.0. The van der Waals surface area contributed by atoms with Crippen LogP contribution in [-0.4, -0.2) is 29.6 Å². The van der Waals surface area contributed by atoms with Crippen molar-refractivity contribution >= 4 is 11.9 Å². The molecule has 5 heteroatoms. The minimum absolute atomic E-state index is 0.0758. The average Bonchev–Trinajstić information content (AvgIpc) is 2.36. The van der Waals surface area contributed by atoms with Gasteiger partial charge < -0.3 is 15.2 Å². The highest BCUT2D eigenvalue weighted by Gasteiger charge is 2.14. The molecule has 0 aliphatic heterocycles. The van der Waals surface area contributed by atoms with Gasteiger partial charge in [-0.15, -0.1) is 0 Å². The number of para-hydroxylation sites is 1. The van der Waals surface area contributed by atoms with E-state index >= 15 is 0 Å². The average molecular weight is 251 g/mol. The number of hydrogen-bond acceptors (Lipinski definition) is 3. The zero-order valence-corrected chi connectivity index (χ0v) is 10.3. The molecule has 0 bridgehead atoms. The highest BCUT2D eigenvalue weighted by molar-refractivity contribution is 5.78. The zero-order chi connectivity index (χ0) is 13.4. The Bertz CT molecular complexity index is 391. The summed E-state index contributed by atoms with van der Waals surface area (Å²) < 4.78 is 5.26. The number of carbonyl (C=O) groups excluding carboxylic acids is 1. The van der Waals surface area contributed by atoms with Gasteiger partial charge in [-0.25, -0.2) is 0 Å². The zero-order valence-electron chi connectivity index (χ0n) is 10.3. The van der Waals surface area contributed by atoms with Crippen LogP contribution in [0.4, 0.5) is 0 Å². The molecule has 0 saturated carbocycles. The number of carbonyl (C=O) groups is 2. The summed E-state index contributed by atoms with van der Waals surface area (Å²) in [5.41, 5.74) is 0. The van der Waals surface area contributed by atoms with Crippen LogP contribution in [0.25, 0.3) is 0 Å². The highest BCUT2D eigenvalue weighted by Crippen LogP contribution is 2.07. The number of benzene rings is 1. The predicted molar refractivity (Wildman–Crippen MR) is 66.4 cm³/mol. The molecule has 1 amide bonds. The second-order valence-electron chi connectivity index (χ2n) is 3.87. The van der Waals surface area contributed by atoms with Crippen molar-refractivity contribution in [2.45, 2.75) is 25.8 Å². The maximum absolute atomic E-state index is 11.5. The first-order valence-electron chi connectivity index (χ1n) is 5.80. The Morgan fingerprint density at radius 3 is 2.56 bits per heavy atom. The number of hydrogen-bond donors (Lipinski definition) is 2. The number of rotatable bonds is 7. The normalized spacial score (nSPS) is 11.6. The first-order valence-corrected chi connectivity index (χ1v) is 5.80. The molecule has 0 spiro atoms. The predicted octanol–water partition coefficient (Wildman–Crippen LogP) is 1.43. The maximum Gasteiger partial charge on any atom is 0.305 e. The summed E-state index contributed by atoms with van der Waals surface area (Å²) in [5, 5.41) is 11.3. The molecule has 0 aliphatic carbocycles. The van der Waals surface area contributed by atoms with E-state index in [-0.39, 0.29) is 25.0 Å². The van der Waals surface area contributed by atoms with Gasteiger partial charge in [0.2, 0.25) is 0 Å². The molecule has 1 aromatic rings. The number of carboxylic acid groups (broad SMARTS) is 1. The summed E-state index contributed by atoms with van der Waals surface area (Å²) in [5.74, 6) is -0.628. The van der Waals surface area contributed by atoms with Crippen molar-refractivity contribution in [2.75, 3.05) is 6.61 Å². The van der Waals surface area contributed by atoms with E-state index in [2.05, 4.69) is 5.32 Å². The van der Waals surface area contributed by atoms with Gasteiger partial charge in [-0.2, -0.15) is 0 Å². The number of nitrogens with one attached hydrogen (secondary N) is 1. The first-order chi connectivity index (χ1) is 8.61. The van der Waals surface area contributed by atoms with Gasteiger partial charge in [0.1, 0.15) is 5.75 Å². The second kappa shape index (κ2) is 7.32. The quantitative estimate of drug-likeness (QED) is 0.768. The van der Waals surface area contributed by atoms with Crippen molar-refractivity contribution in [1.82, 2.24) is 5.32 Å². The van der Waals surface area contributed by atoms with Crippen LogP contribution in [-0.2, 0) is 9.59 Å². The summed E-state index contributed by atoms with van der Waals surface area (Å²) >= 11 is 0. The fraction of sp³-hybridized carbons (Fsp3) is 0.385. The molecule has 0 aromatic heterocycles. The van der Waals surface area contributed by atoms with Gasteiger partial charge in [-0.3, -0.25) is 9.59 Å². The van der Waals surface area contributed by atoms with Gasteiger partial charge >= 0.3 is 5.97 Å². The van der Waals surface area contributed by atoms with E-state index in [1.807, 2.05) is 25.1 Å². The van der Waals surface area contributed by atoms with Crippen molar-refractivity contribution in [1.29, 1.82) is 0 Å². The van der Waals surface area contributed by atoms with Gasteiger partial charge in [-0.05, 0) is 18.6 Å². The molecule has 0 aliphatic rings. The summed E-state index contributed by atoms with van der Waals surface area (Å²) in [4.78, 5) is 22.1. The van der Waals surface area contributed by atoms with E-state index in [9.17, 15) is 9.59 Å². The van der Waals surface area contributed by atoms with Crippen LogP contribution in [0.2, 0.25) is 0 Å². The lowest BCUT2D eigenvalue weighted by Gasteiger charge is -2.15. The minimum Gasteiger partial charge on any atom is -0.484 e. The Balaban J connectivity index is 2.34. The van der Waals surface area contributed by atoms with Gasteiger partial charge in [-0.1, -0.05) is 25.1 Å². The van der Waals surface area contributed by atoms with Crippen LogP contribution in [0.3, 0.4) is 0 Å². The molecule has 98 valence electrons. The highest BCUT2D eigenvalue weighted by atomic mass is 16.5. The lowest BCUT2D eigenvalue weighted by atomic mass is 10.1. The SMILES string of the molecule is CCC(CC(=O)O)NC(=O)COc1ccccc1. The van der Waals surface area contributed by atoms with Crippen LogP contribution in [0.1, 0.15) is 19.8 Å². The summed E-state index contributed by atoms with van der Waals surface area (Å²) in [6.07, 6.45) is 0.497. The molecule has 2 N–H and O–H groups in total. The van der Waals surface area contributed by atoms with Crippen molar-refractivity contribution < 1.29 is 19.4 Å². The van der Waals surface area contributed by atoms with Crippen LogP contribution >= 0.6 is 0 Å². The lowest BCUT2D eigenvalue weighted by molar-refractivity contribution is -0.137. The van der Waals surface area contributed by atoms with Crippen LogP contribution in [0.5, 0.6) is 5.75 Å². The molecule has 0 saturated heterocycles. The molecule has 5 nitrogen and oxygen atoms in total. The van der Waals surface area contributed by atoms with E-state index < -0.39 is 5.97 Å². The third-order valence-corrected chi connectivity index (χ3v) is 2.39. The van der Waals surface area contributed by atoms with E-state index in [0.717, 1.165) is 0 Å². The Kier molecular flexibility index (Phi) is 5.70. The molecular weight excluding hydrogens is 234 g/mol. The van der Waals surface area contributed by atoms with Crippen molar-refractivity contribution in [3.63, 3.8) is 0 Å². The molecule has 1 unspecified atom stereocenters. The van der Waals surface area contributed by atoms with Gasteiger partial charge in [0, 0.05) is 6.04 Å². The number of ether oxygens (including phenoxy) is 1. The van der Waals surface area contributed by atoms with E-state index in [1.54, 1.807) is 12.1 Å². The largest absolute Gasteiger partial charge is 0.484 e. The van der Waals surface area contributed by atoms with Crippen molar-refractivity contribution in [3.8, 4) is 5.75 Å². The molecule has 18 heavy (non-hydrogen) atoms. The Morgan fingerprint density at radius 1 is 1.33 bits per heavy atom. The Morgan fingerprint density at radius 2 is 2.00 bits per heavy atom. The molecule has 1 rings (SSSR count). The third kappa shape index (κ3) is 5.34. The Labute approximate surface area is 106 Å². The monoisotopic (exact) mass is 251 g/mol. The minimum atomic E-state index is -0.925. The van der Waals surface area contributed by atoms with Gasteiger partial charge in [0.15, 0.2) is 6.61 Å². The van der Waals surface area contributed by atoms with E-state index in [4.69, 9.17) is 9.84 Å². The molecule has 0 radical (unpaired) electrons. The summed E-state index contributed by atoms with van der Waals surface area (Å²) in [6.45, 7) is 1.71. The van der Waals surface area contributed by atoms with Crippen LogP contribution in [0, 0.1) is 0 Å². The standard InChI is InChI=1S/C13H17NO4/c1-2-10(8-13(16)17)14-12(15)9-18-11-6-4-3-5-7-11/h3-7,10H,2,8-9H2,1H3,(H,14,15)(H,16,17). The number of carboxylic acids is 1. The molecule has 0 heterocycles. The topological polar surface area (TPSA) is 75.6 Å². The second-order valence-corrected chi connectivity index (χ2v) is 3.87. The van der Waals surface area contributed by atoms with Crippen molar-refractivity contribution in [2.24, 2.45) is 0 Å². The third-order valence-electron chi connectivity index (χ3n) is 2.39. The number of aliphatic carboxylic acids is 1. The molecule has 1 aromatic carbocycles. The number of amides is 1.